The van der Waals surface area contributed by atoms with Crippen molar-refractivity contribution in [3.05, 3.63) is 382 Å². The maximum Gasteiger partial charge on any atom is 0.335 e. The first-order valence-corrected chi connectivity index (χ1v) is 35.1. The van der Waals surface area contributed by atoms with Crippen LogP contribution in [0.3, 0.4) is 0 Å². The molecule has 11 aromatic rings. The molecule has 11 rings (SSSR count). The smallest absolute Gasteiger partial charge is 0.335 e. The number of benzene rings is 11. The van der Waals surface area contributed by atoms with Crippen LogP contribution in [0.5, 0.6) is 0 Å². The third-order valence-electron chi connectivity index (χ3n) is 15.8. The van der Waals surface area contributed by atoms with Crippen molar-refractivity contribution in [2.45, 2.75) is 166 Å². The summed E-state index contributed by atoms with van der Waals surface area (Å²) in [6, 6.07) is 58.0. The number of rotatable bonds is 1. The molecule has 550 valence electrons. The van der Waals surface area contributed by atoms with Gasteiger partial charge in [-0.25, -0.2) is 35.5 Å². The van der Waals surface area contributed by atoms with Crippen molar-refractivity contribution >= 4 is 45.1 Å². The maximum atomic E-state index is 12.8. The predicted molar refractivity (Wildman–Crippen MR) is 429 cm³/mol. The van der Waals surface area contributed by atoms with E-state index >= 15 is 0 Å². The number of carbonyl (C=O) groups is 1. The van der Waals surface area contributed by atoms with Gasteiger partial charge in [0.05, 0.1) is 5.56 Å². The van der Waals surface area contributed by atoms with Gasteiger partial charge >= 0.3 is 5.97 Å². The molecule has 12 heteroatoms. The highest BCUT2D eigenvalue weighted by molar-refractivity contribution is 9.10. The molecular weight excluding hydrogens is 1410 g/mol. The Bertz CT molecular complexity index is 3930. The Kier molecular flexibility index (Phi) is 42.1. The van der Waals surface area contributed by atoms with Crippen LogP contribution in [0, 0.1) is 207 Å². The summed E-state index contributed by atoms with van der Waals surface area (Å²) in [5, 5.41) is 10.0. The molecule has 103 heavy (non-hydrogen) atoms. The molecule has 0 atom stereocenters. The lowest BCUT2D eigenvalue weighted by atomic mass is 10.1. The van der Waals surface area contributed by atoms with Crippen LogP contribution in [0.1, 0.15) is 144 Å². The van der Waals surface area contributed by atoms with Crippen LogP contribution < -0.4 is 0 Å². The summed E-state index contributed by atoms with van der Waals surface area (Å²) in [5.74, 6) is -2.96. The molecule has 0 aliphatic heterocycles. The average molecular weight is 1510 g/mol. The van der Waals surface area contributed by atoms with Gasteiger partial charge in [-0.1, -0.05) is 188 Å². The zero-order valence-electron chi connectivity index (χ0n) is 64.5. The molecule has 0 aliphatic carbocycles. The van der Waals surface area contributed by atoms with Gasteiger partial charge < -0.3 is 5.11 Å². The van der Waals surface area contributed by atoms with Crippen LogP contribution in [0.2, 0.25) is 10.0 Å². The molecule has 0 radical (unpaired) electrons. The first-order chi connectivity index (χ1) is 47.9. The van der Waals surface area contributed by atoms with Gasteiger partial charge in [0.1, 0.15) is 40.7 Å². The van der Waals surface area contributed by atoms with Gasteiger partial charge in [-0.05, 0) is 327 Å². The Morgan fingerprint density at radius 2 is 0.505 bits per heavy atom. The van der Waals surface area contributed by atoms with Crippen LogP contribution in [0.4, 0.5) is 30.7 Å². The Morgan fingerprint density at radius 3 is 0.796 bits per heavy atom. The van der Waals surface area contributed by atoms with Crippen molar-refractivity contribution in [3.63, 3.8) is 0 Å². The molecular formula is C91H104BrCl2F7O2. The van der Waals surface area contributed by atoms with Crippen molar-refractivity contribution < 1.29 is 40.6 Å². The minimum absolute atomic E-state index is 0.0885. The Hall–Kier alpha value is -8.54. The van der Waals surface area contributed by atoms with E-state index < -0.39 is 17.6 Å². The third-order valence-corrected chi connectivity index (χ3v) is 17.4. The molecule has 0 unspecified atom stereocenters. The highest BCUT2D eigenvalue weighted by Gasteiger charge is 2.07. The van der Waals surface area contributed by atoms with Crippen LogP contribution in [-0.2, 0) is 0 Å². The van der Waals surface area contributed by atoms with Crippen molar-refractivity contribution in [2.24, 2.45) is 0 Å². The third kappa shape index (κ3) is 37.5. The summed E-state index contributed by atoms with van der Waals surface area (Å²) in [6.45, 7) is 45.8. The lowest BCUT2D eigenvalue weighted by Crippen LogP contribution is -1.99. The molecule has 0 aromatic heterocycles. The van der Waals surface area contributed by atoms with E-state index in [9.17, 15) is 35.5 Å². The van der Waals surface area contributed by atoms with Crippen molar-refractivity contribution in [2.75, 3.05) is 0 Å². The largest absolute Gasteiger partial charge is 0.478 e. The molecule has 2 nitrogen and oxygen atoms in total. The fourth-order valence-corrected chi connectivity index (χ4v) is 9.46. The number of aromatic carboxylic acids is 1. The minimum atomic E-state index is -0.855. The molecule has 0 spiro atoms. The molecule has 0 amide bonds. The van der Waals surface area contributed by atoms with E-state index in [0.717, 1.165) is 38.4 Å². The summed E-state index contributed by atoms with van der Waals surface area (Å²) in [4.78, 5) is 10.6. The molecule has 0 bridgehead atoms. The monoisotopic (exact) mass is 1510 g/mol. The van der Waals surface area contributed by atoms with Gasteiger partial charge in [-0.2, -0.15) is 0 Å². The van der Waals surface area contributed by atoms with Gasteiger partial charge in [-0.15, -0.1) is 0 Å². The van der Waals surface area contributed by atoms with E-state index in [1.807, 2.05) is 77.9 Å². The fourth-order valence-electron chi connectivity index (χ4n) is 8.47. The molecule has 0 aliphatic rings. The van der Waals surface area contributed by atoms with E-state index in [1.165, 1.54) is 129 Å². The molecule has 11 aromatic carbocycles. The van der Waals surface area contributed by atoms with Crippen LogP contribution >= 0.6 is 39.1 Å². The predicted octanol–water partition coefficient (Wildman–Crippen LogP) is 28.7. The van der Waals surface area contributed by atoms with E-state index in [1.54, 1.807) is 58.9 Å². The van der Waals surface area contributed by atoms with Crippen LogP contribution in [0.25, 0.3) is 0 Å². The number of halogens is 10. The lowest BCUT2D eigenvalue weighted by Gasteiger charge is -2.00. The zero-order valence-corrected chi connectivity index (χ0v) is 67.6. The van der Waals surface area contributed by atoms with E-state index in [2.05, 4.69) is 170 Å². The van der Waals surface area contributed by atoms with Gasteiger partial charge in [0.15, 0.2) is 0 Å². The highest BCUT2D eigenvalue weighted by atomic mass is 79.9. The Labute approximate surface area is 630 Å². The van der Waals surface area contributed by atoms with Crippen LogP contribution in [-0.4, -0.2) is 11.1 Å². The zero-order chi connectivity index (χ0) is 78.7. The standard InChI is InChI=1S/C9H10O2.2C9H12.C8H9Br.C8H8ClF.C8H9Cl.2C8H8F2.2C8H9F.C8H10/c1-6-3-4-7(2)8(5-6)9(10)11;2*1-7-4-5-8(2)9(3)6-7;1-6-3-4-7(2)8(9)5-6;1-5-3-7(9)6(2)8(10)4-5;1-6-3-4-7(2)8(9)5-6;1-5-3-8(10)6(2)4-7(5)9;1-5-3-7(9)6(2)8(10)4-5;2*1-6-3-4-7(2)8(9)5-6;1-7-3-5-8(2)6-4-7/h3-5H,1-2H3,(H,10,11);2*4-6H,1-3H3;3-5H,1-2H3;3-4H,1-2H3;3-5H,1-2H3;2*3-4H,1-2H3;2*3-5H,1-2H3;3-6H,1-2H3. The second-order valence-electron chi connectivity index (χ2n) is 26.0. The van der Waals surface area contributed by atoms with E-state index in [0.29, 0.717) is 44.0 Å². The molecule has 0 saturated heterocycles. The van der Waals surface area contributed by atoms with Crippen molar-refractivity contribution in [1.82, 2.24) is 0 Å². The summed E-state index contributed by atoms with van der Waals surface area (Å²) >= 11 is 14.9. The number of hydrogen-bond donors (Lipinski definition) is 1. The van der Waals surface area contributed by atoms with Gasteiger partial charge in [0, 0.05) is 25.6 Å². The van der Waals surface area contributed by atoms with E-state index in [-0.39, 0.29) is 34.6 Å². The van der Waals surface area contributed by atoms with Crippen molar-refractivity contribution in [3.8, 4) is 0 Å². The number of carboxylic acid groups (broad SMARTS) is 1. The van der Waals surface area contributed by atoms with Crippen molar-refractivity contribution in [1.29, 1.82) is 0 Å². The highest BCUT2D eigenvalue weighted by Crippen LogP contribution is 2.21. The second kappa shape index (κ2) is 46.9. The molecule has 0 heterocycles. The summed E-state index contributed by atoms with van der Waals surface area (Å²) in [6.07, 6.45) is 0. The maximum absolute atomic E-state index is 12.8. The van der Waals surface area contributed by atoms with E-state index in [4.69, 9.17) is 28.3 Å². The first kappa shape index (κ1) is 92.5. The number of aryl methyl sites for hydroxylation is 22. The average Bonchev–Trinajstić information content (AvgIpc) is 0.876. The molecule has 0 saturated carbocycles. The lowest BCUT2D eigenvalue weighted by molar-refractivity contribution is 0.0696. The topological polar surface area (TPSA) is 37.3 Å². The second-order valence-corrected chi connectivity index (χ2v) is 27.7. The minimum Gasteiger partial charge on any atom is -0.478 e. The summed E-state index contributed by atoms with van der Waals surface area (Å²) in [5.41, 5.74) is 24.1. The number of carboxylic acids is 1. The normalized spacial score (nSPS) is 9.73. The van der Waals surface area contributed by atoms with Gasteiger partial charge in [0.2, 0.25) is 0 Å². The summed E-state index contributed by atoms with van der Waals surface area (Å²) in [7, 11) is 0. The Balaban J connectivity index is 0.000000567. The molecule has 0 fully saturated rings. The Morgan fingerprint density at radius 1 is 0.243 bits per heavy atom. The van der Waals surface area contributed by atoms with Gasteiger partial charge in [-0.3, -0.25) is 0 Å². The quantitative estimate of drug-likeness (QED) is 0.166. The number of hydrogen-bond acceptors (Lipinski definition) is 1. The summed E-state index contributed by atoms with van der Waals surface area (Å²) < 4.78 is 89.5. The SMILES string of the molecule is Cc1cc(F)c(C)c(Cl)c1.Cc1cc(F)c(C)c(F)c1.Cc1cc(F)c(C)cc1F.Cc1ccc(C)c(Br)c1.Cc1ccc(C)c(C(=O)O)c1.Cc1ccc(C)c(C)c1.Cc1ccc(C)c(C)c1.Cc1ccc(C)c(Cl)c1.Cc1ccc(C)c(F)c1.Cc1ccc(C)c(F)c1.Cc1ccc(C)cc1. The first-order valence-electron chi connectivity index (χ1n) is 33.5. The van der Waals surface area contributed by atoms with Crippen LogP contribution in [0.15, 0.2) is 193 Å². The molecule has 1 N–H and O–H groups in total. The van der Waals surface area contributed by atoms with Gasteiger partial charge in [0.25, 0.3) is 0 Å². The fraction of sp³-hybridized carbons (Fsp3) is 0.264.